The first-order valence-electron chi connectivity index (χ1n) is 5.05. The van der Waals surface area contributed by atoms with Gasteiger partial charge in [0.2, 0.25) is 0 Å². The third kappa shape index (κ3) is 3.21. The van der Waals surface area contributed by atoms with Crippen LogP contribution in [0.25, 0.3) is 9.75 Å². The van der Waals surface area contributed by atoms with Crippen molar-refractivity contribution in [1.82, 2.24) is 4.90 Å². The first kappa shape index (κ1) is 12.4. The molecule has 2 rings (SSSR count). The normalized spacial score (nSPS) is 10.9. The molecule has 0 radical (unpaired) electrons. The van der Waals surface area contributed by atoms with E-state index in [-0.39, 0.29) is 0 Å². The number of aliphatic imine (C=N–C) groups is 1. The van der Waals surface area contributed by atoms with Crippen LogP contribution >= 0.6 is 34.9 Å². The number of hydrogen-bond acceptors (Lipinski definition) is 3. The third-order valence-corrected chi connectivity index (χ3v) is 4.60. The summed E-state index contributed by atoms with van der Waals surface area (Å²) in [6, 6.07) is 8.31. The smallest absolute Gasteiger partial charge is 0.145 e. The van der Waals surface area contributed by atoms with Gasteiger partial charge in [-0.05, 0) is 23.6 Å². The van der Waals surface area contributed by atoms with Gasteiger partial charge in [-0.2, -0.15) is 0 Å². The number of thiophene rings is 2. The molecule has 2 heterocycles. The van der Waals surface area contributed by atoms with Gasteiger partial charge in [-0.3, -0.25) is 0 Å². The van der Waals surface area contributed by atoms with Gasteiger partial charge in [0.25, 0.3) is 0 Å². The van der Waals surface area contributed by atoms with Gasteiger partial charge in [-0.25, -0.2) is 4.99 Å². The molecular weight excluding hydrogens is 268 g/mol. The Morgan fingerprint density at radius 1 is 1.29 bits per heavy atom. The van der Waals surface area contributed by atoms with Crippen molar-refractivity contribution in [3.8, 4) is 9.75 Å². The van der Waals surface area contributed by atoms with Crippen molar-refractivity contribution in [1.29, 1.82) is 0 Å². The molecule has 5 heteroatoms. The van der Waals surface area contributed by atoms with Gasteiger partial charge < -0.3 is 4.90 Å². The third-order valence-electron chi connectivity index (χ3n) is 1.99. The van der Waals surface area contributed by atoms with Gasteiger partial charge in [-0.1, -0.05) is 18.3 Å². The van der Waals surface area contributed by atoms with Crippen LogP contribution in [-0.4, -0.2) is 30.3 Å². The quantitative estimate of drug-likeness (QED) is 0.483. The number of hydrogen-bond donors (Lipinski definition) is 0. The van der Waals surface area contributed by atoms with E-state index in [9.17, 15) is 0 Å². The zero-order valence-corrected chi connectivity index (χ0v) is 12.0. The van der Waals surface area contributed by atoms with E-state index >= 15 is 0 Å². The summed E-state index contributed by atoms with van der Waals surface area (Å²) in [4.78, 5) is 10.3. The minimum absolute atomic E-state index is 0.645. The molecule has 17 heavy (non-hydrogen) atoms. The highest BCUT2D eigenvalue weighted by molar-refractivity contribution is 7.81. The van der Waals surface area contributed by atoms with Gasteiger partial charge in [0.05, 0.1) is 11.2 Å². The first-order chi connectivity index (χ1) is 8.16. The highest BCUT2D eigenvalue weighted by Gasteiger charge is 2.06. The summed E-state index contributed by atoms with van der Waals surface area (Å²) in [5.41, 5.74) is 0. The zero-order valence-electron chi connectivity index (χ0n) is 9.58. The fourth-order valence-electron chi connectivity index (χ4n) is 1.24. The van der Waals surface area contributed by atoms with E-state index in [2.05, 4.69) is 28.6 Å². The molecule has 2 nitrogen and oxygen atoms in total. The number of rotatable bonds is 3. The summed E-state index contributed by atoms with van der Waals surface area (Å²) < 4.78 is 0. The molecule has 0 N–H and O–H groups in total. The Bertz CT molecular complexity index is 524. The average molecular weight is 280 g/mol. The molecule has 0 saturated carbocycles. The Balaban J connectivity index is 2.16. The molecule has 0 aromatic carbocycles. The summed E-state index contributed by atoms with van der Waals surface area (Å²) in [6.45, 7) is 0. The van der Waals surface area contributed by atoms with E-state index in [1.165, 1.54) is 9.75 Å². The van der Waals surface area contributed by atoms with Crippen LogP contribution in [0.2, 0.25) is 0 Å². The van der Waals surface area contributed by atoms with Crippen LogP contribution in [0.5, 0.6) is 0 Å². The van der Waals surface area contributed by atoms with Crippen molar-refractivity contribution in [2.24, 2.45) is 4.99 Å². The van der Waals surface area contributed by atoms with Gasteiger partial charge in [0.1, 0.15) is 4.99 Å². The van der Waals surface area contributed by atoms with E-state index in [4.69, 9.17) is 12.2 Å². The predicted octanol–water partition coefficient (Wildman–Crippen LogP) is 3.74. The molecular formula is C12H12N2S3. The summed E-state index contributed by atoms with van der Waals surface area (Å²) in [7, 11) is 3.86. The van der Waals surface area contributed by atoms with E-state index < -0.39 is 0 Å². The van der Waals surface area contributed by atoms with Crippen molar-refractivity contribution in [2.75, 3.05) is 14.1 Å². The van der Waals surface area contributed by atoms with Gasteiger partial charge >= 0.3 is 0 Å². The second kappa shape index (κ2) is 5.53. The molecule has 0 aliphatic rings. The van der Waals surface area contributed by atoms with Gasteiger partial charge in [-0.15, -0.1) is 22.7 Å². The van der Waals surface area contributed by atoms with Crippen LogP contribution in [0, 0.1) is 0 Å². The van der Waals surface area contributed by atoms with Crippen LogP contribution in [0.3, 0.4) is 0 Å². The molecule has 2 aromatic rings. The summed E-state index contributed by atoms with van der Waals surface area (Å²) in [6.07, 6.45) is 1.73. The Kier molecular flexibility index (Phi) is 4.04. The lowest BCUT2D eigenvalue weighted by Crippen LogP contribution is -2.09. The fraction of sp³-hybridized carbons (Fsp3) is 0.167. The zero-order chi connectivity index (χ0) is 12.3. The maximum atomic E-state index is 5.27. The maximum Gasteiger partial charge on any atom is 0.145 e. The van der Waals surface area contributed by atoms with Crippen LogP contribution in [0.4, 0.5) is 0 Å². The van der Waals surface area contributed by atoms with Gasteiger partial charge in [0, 0.05) is 23.8 Å². The Labute approximate surface area is 114 Å². The van der Waals surface area contributed by atoms with Crippen molar-refractivity contribution < 1.29 is 0 Å². The second-order valence-corrected chi connectivity index (χ2v) is 6.07. The van der Waals surface area contributed by atoms with E-state index in [0.29, 0.717) is 4.99 Å². The minimum Gasteiger partial charge on any atom is -0.369 e. The van der Waals surface area contributed by atoms with Crippen LogP contribution in [-0.2, 0) is 0 Å². The topological polar surface area (TPSA) is 15.6 Å². The first-order valence-corrected chi connectivity index (χ1v) is 7.16. The van der Waals surface area contributed by atoms with E-state index in [1.807, 2.05) is 25.1 Å². The molecule has 0 aliphatic heterocycles. The SMILES string of the molecule is CN(C)C=NC(=S)c1ccc(-c2cccs2)s1. The second-order valence-electron chi connectivity index (χ2n) is 3.65. The minimum atomic E-state index is 0.645. The molecule has 2 aromatic heterocycles. The highest BCUT2D eigenvalue weighted by atomic mass is 32.1. The van der Waals surface area contributed by atoms with Crippen LogP contribution in [0.15, 0.2) is 34.6 Å². The Morgan fingerprint density at radius 2 is 2.12 bits per heavy atom. The number of nitrogens with zero attached hydrogens (tertiary/aromatic N) is 2. The summed E-state index contributed by atoms with van der Waals surface area (Å²) in [5.74, 6) is 0. The highest BCUT2D eigenvalue weighted by Crippen LogP contribution is 2.31. The van der Waals surface area contributed by atoms with Crippen molar-refractivity contribution in [3.63, 3.8) is 0 Å². The van der Waals surface area contributed by atoms with E-state index in [0.717, 1.165) is 4.88 Å². The van der Waals surface area contributed by atoms with Crippen molar-refractivity contribution >= 4 is 46.2 Å². The molecule has 88 valence electrons. The lowest BCUT2D eigenvalue weighted by molar-refractivity contribution is 0.644. The fourth-order valence-corrected chi connectivity index (χ4v) is 3.21. The van der Waals surface area contributed by atoms with Gasteiger partial charge in [0.15, 0.2) is 0 Å². The van der Waals surface area contributed by atoms with Crippen LogP contribution in [0.1, 0.15) is 4.88 Å². The molecule has 0 amide bonds. The lowest BCUT2D eigenvalue weighted by atomic mass is 10.4. The molecule has 0 saturated heterocycles. The molecule has 0 spiro atoms. The molecule has 0 aliphatic carbocycles. The van der Waals surface area contributed by atoms with Crippen molar-refractivity contribution in [2.45, 2.75) is 0 Å². The lowest BCUT2D eigenvalue weighted by Gasteiger charge is -2.01. The molecule has 0 fully saturated rings. The maximum absolute atomic E-state index is 5.27. The predicted molar refractivity (Wildman–Crippen MR) is 81.5 cm³/mol. The summed E-state index contributed by atoms with van der Waals surface area (Å²) in [5, 5.41) is 2.08. The number of thiocarbonyl (C=S) groups is 1. The Morgan fingerprint density at radius 3 is 2.76 bits per heavy atom. The average Bonchev–Trinajstić information content (AvgIpc) is 2.94. The largest absolute Gasteiger partial charge is 0.369 e. The van der Waals surface area contributed by atoms with Crippen molar-refractivity contribution in [3.05, 3.63) is 34.5 Å². The molecule has 0 atom stereocenters. The monoisotopic (exact) mass is 280 g/mol. The van der Waals surface area contributed by atoms with E-state index in [1.54, 1.807) is 29.0 Å². The molecule has 0 unspecified atom stereocenters. The standard InChI is InChI=1S/C12H12N2S3/c1-14(2)8-13-12(15)11-6-5-10(17-11)9-4-3-7-16-9/h3-8H,1-2H3. The van der Waals surface area contributed by atoms with Crippen LogP contribution < -0.4 is 0 Å². The Hall–Kier alpha value is -1.04. The summed E-state index contributed by atoms with van der Waals surface area (Å²) >= 11 is 8.70. The molecule has 0 bridgehead atoms.